The number of halogens is 1. The normalized spacial score (nSPS) is 10.1. The van der Waals surface area contributed by atoms with E-state index in [-0.39, 0.29) is 11.3 Å². The van der Waals surface area contributed by atoms with Gasteiger partial charge in [-0.15, -0.1) is 0 Å². The molecule has 2 aromatic carbocycles. The maximum absolute atomic E-state index is 13.4. The van der Waals surface area contributed by atoms with Crippen LogP contribution in [0.5, 0.6) is 5.75 Å². The van der Waals surface area contributed by atoms with Crippen LogP contribution in [0.4, 0.5) is 4.39 Å². The summed E-state index contributed by atoms with van der Waals surface area (Å²) < 4.78 is 18.0. The summed E-state index contributed by atoms with van der Waals surface area (Å²) in [6.07, 6.45) is 0. The molecule has 1 N–H and O–H groups in total. The Kier molecular flexibility index (Phi) is 3.28. The van der Waals surface area contributed by atoms with Crippen molar-refractivity contribution in [3.63, 3.8) is 0 Å². The Balaban J connectivity index is 2.46. The van der Waals surface area contributed by atoms with Gasteiger partial charge < -0.3 is 9.84 Å². The van der Waals surface area contributed by atoms with Gasteiger partial charge >= 0.3 is 5.97 Å². The second kappa shape index (κ2) is 4.87. The van der Waals surface area contributed by atoms with Gasteiger partial charge in [0, 0.05) is 0 Å². The highest BCUT2D eigenvalue weighted by Gasteiger charge is 2.13. The van der Waals surface area contributed by atoms with E-state index < -0.39 is 11.8 Å². The molecule has 0 aliphatic heterocycles. The first-order valence-corrected chi connectivity index (χ1v) is 5.29. The van der Waals surface area contributed by atoms with Crippen molar-refractivity contribution in [2.75, 3.05) is 7.11 Å². The molecule has 0 radical (unpaired) electrons. The van der Waals surface area contributed by atoms with Gasteiger partial charge in [0.2, 0.25) is 0 Å². The standard InChI is InChI=1S/C14H11FO3/c1-18-14(17)12-8-10(4-7-13(12)15)9-2-5-11(16)6-3-9/h2-8,16H,1H3. The van der Waals surface area contributed by atoms with Crippen LogP contribution in [0, 0.1) is 5.82 Å². The van der Waals surface area contributed by atoms with Gasteiger partial charge in [-0.1, -0.05) is 18.2 Å². The highest BCUT2D eigenvalue weighted by Crippen LogP contribution is 2.24. The van der Waals surface area contributed by atoms with E-state index in [1.807, 2.05) is 0 Å². The van der Waals surface area contributed by atoms with Crippen LogP contribution < -0.4 is 0 Å². The fourth-order valence-electron chi connectivity index (χ4n) is 1.63. The van der Waals surface area contributed by atoms with Gasteiger partial charge in [-0.3, -0.25) is 0 Å². The summed E-state index contributed by atoms with van der Waals surface area (Å²) in [4.78, 5) is 11.4. The summed E-state index contributed by atoms with van der Waals surface area (Å²) in [5.41, 5.74) is 1.35. The van der Waals surface area contributed by atoms with Crippen LogP contribution in [-0.4, -0.2) is 18.2 Å². The van der Waals surface area contributed by atoms with Crippen molar-refractivity contribution in [2.24, 2.45) is 0 Å². The molecule has 0 unspecified atom stereocenters. The van der Waals surface area contributed by atoms with E-state index in [2.05, 4.69) is 4.74 Å². The molecule has 2 aromatic rings. The Bertz CT molecular complexity index is 576. The maximum atomic E-state index is 13.4. The van der Waals surface area contributed by atoms with Crippen molar-refractivity contribution in [3.05, 3.63) is 53.8 Å². The van der Waals surface area contributed by atoms with E-state index in [9.17, 15) is 14.3 Å². The van der Waals surface area contributed by atoms with Crippen LogP contribution in [-0.2, 0) is 4.74 Å². The number of hydrogen-bond acceptors (Lipinski definition) is 3. The Hall–Kier alpha value is -2.36. The zero-order valence-electron chi connectivity index (χ0n) is 9.68. The first-order valence-electron chi connectivity index (χ1n) is 5.29. The number of esters is 1. The summed E-state index contributed by atoms with van der Waals surface area (Å²) in [6.45, 7) is 0. The number of benzene rings is 2. The number of phenols is 1. The van der Waals surface area contributed by atoms with Gasteiger partial charge in [-0.05, 0) is 35.4 Å². The molecule has 2 rings (SSSR count). The van der Waals surface area contributed by atoms with Crippen LogP contribution in [0.1, 0.15) is 10.4 Å². The highest BCUT2D eigenvalue weighted by molar-refractivity contribution is 5.91. The molecule has 0 spiro atoms. The van der Waals surface area contributed by atoms with Crippen LogP contribution in [0.2, 0.25) is 0 Å². The lowest BCUT2D eigenvalue weighted by molar-refractivity contribution is 0.0595. The summed E-state index contributed by atoms with van der Waals surface area (Å²) in [5.74, 6) is -1.19. The minimum Gasteiger partial charge on any atom is -0.508 e. The molecule has 0 aliphatic rings. The van der Waals surface area contributed by atoms with Crippen molar-refractivity contribution in [1.29, 1.82) is 0 Å². The average Bonchev–Trinajstić information content (AvgIpc) is 2.39. The summed E-state index contributed by atoms with van der Waals surface area (Å²) in [6, 6.07) is 10.6. The van der Waals surface area contributed by atoms with E-state index in [0.717, 1.165) is 5.56 Å². The van der Waals surface area contributed by atoms with Gasteiger partial charge in [0.15, 0.2) is 0 Å². The summed E-state index contributed by atoms with van der Waals surface area (Å²) in [5, 5.41) is 9.19. The number of hydrogen-bond donors (Lipinski definition) is 1. The topological polar surface area (TPSA) is 46.5 Å². The Morgan fingerprint density at radius 1 is 1.11 bits per heavy atom. The number of carbonyl (C=O) groups excluding carboxylic acids is 1. The van der Waals surface area contributed by atoms with Gasteiger partial charge in [0.1, 0.15) is 11.6 Å². The lowest BCUT2D eigenvalue weighted by Gasteiger charge is -2.06. The van der Waals surface area contributed by atoms with Gasteiger partial charge in [0.25, 0.3) is 0 Å². The molecular formula is C14H11FO3. The second-order valence-corrected chi connectivity index (χ2v) is 3.73. The highest BCUT2D eigenvalue weighted by atomic mass is 19.1. The molecule has 0 heterocycles. The molecule has 18 heavy (non-hydrogen) atoms. The zero-order valence-corrected chi connectivity index (χ0v) is 9.68. The Labute approximate surface area is 103 Å². The Morgan fingerprint density at radius 2 is 1.72 bits per heavy atom. The smallest absolute Gasteiger partial charge is 0.340 e. The molecular weight excluding hydrogens is 235 g/mol. The van der Waals surface area contributed by atoms with E-state index in [0.29, 0.717) is 5.56 Å². The third-order valence-electron chi connectivity index (χ3n) is 2.57. The molecule has 92 valence electrons. The predicted octanol–water partition coefficient (Wildman–Crippen LogP) is 2.98. The fraction of sp³-hybridized carbons (Fsp3) is 0.0714. The van der Waals surface area contributed by atoms with Gasteiger partial charge in [-0.25, -0.2) is 9.18 Å². The van der Waals surface area contributed by atoms with Crippen LogP contribution in [0.3, 0.4) is 0 Å². The van der Waals surface area contributed by atoms with Crippen molar-refractivity contribution < 1.29 is 19.0 Å². The Morgan fingerprint density at radius 3 is 2.33 bits per heavy atom. The van der Waals surface area contributed by atoms with Crippen molar-refractivity contribution >= 4 is 5.97 Å². The maximum Gasteiger partial charge on any atom is 0.340 e. The van der Waals surface area contributed by atoms with E-state index in [1.165, 1.54) is 31.4 Å². The molecule has 0 fully saturated rings. The second-order valence-electron chi connectivity index (χ2n) is 3.73. The number of aromatic hydroxyl groups is 1. The molecule has 4 heteroatoms. The van der Waals surface area contributed by atoms with Crippen molar-refractivity contribution in [1.82, 2.24) is 0 Å². The van der Waals surface area contributed by atoms with Crippen LogP contribution in [0.15, 0.2) is 42.5 Å². The molecule has 0 amide bonds. The number of methoxy groups -OCH3 is 1. The van der Waals surface area contributed by atoms with Crippen molar-refractivity contribution in [2.45, 2.75) is 0 Å². The van der Waals surface area contributed by atoms with Crippen LogP contribution in [0.25, 0.3) is 11.1 Å². The molecule has 0 aliphatic carbocycles. The molecule has 0 atom stereocenters. The number of ether oxygens (including phenoxy) is 1. The SMILES string of the molecule is COC(=O)c1cc(-c2ccc(O)cc2)ccc1F. The van der Waals surface area contributed by atoms with E-state index >= 15 is 0 Å². The van der Waals surface area contributed by atoms with E-state index in [1.54, 1.807) is 18.2 Å². The van der Waals surface area contributed by atoms with Gasteiger partial charge in [-0.2, -0.15) is 0 Å². The quantitative estimate of drug-likeness (QED) is 0.828. The van der Waals surface area contributed by atoms with Crippen LogP contribution >= 0.6 is 0 Å². The molecule has 0 aromatic heterocycles. The fourth-order valence-corrected chi connectivity index (χ4v) is 1.63. The van der Waals surface area contributed by atoms with E-state index in [4.69, 9.17) is 0 Å². The molecule has 3 nitrogen and oxygen atoms in total. The largest absolute Gasteiger partial charge is 0.508 e. The van der Waals surface area contributed by atoms with Gasteiger partial charge in [0.05, 0.1) is 12.7 Å². The molecule has 0 bridgehead atoms. The zero-order chi connectivity index (χ0) is 13.1. The lowest BCUT2D eigenvalue weighted by Crippen LogP contribution is -2.04. The predicted molar refractivity (Wildman–Crippen MR) is 64.8 cm³/mol. The minimum atomic E-state index is -0.715. The third kappa shape index (κ3) is 2.32. The molecule has 0 saturated heterocycles. The number of carbonyl (C=O) groups is 1. The number of rotatable bonds is 2. The first-order chi connectivity index (χ1) is 8.61. The average molecular weight is 246 g/mol. The monoisotopic (exact) mass is 246 g/mol. The van der Waals surface area contributed by atoms with Crippen molar-refractivity contribution in [3.8, 4) is 16.9 Å². The third-order valence-corrected chi connectivity index (χ3v) is 2.57. The first kappa shape index (κ1) is 12.1. The lowest BCUT2D eigenvalue weighted by atomic mass is 10.0. The molecule has 0 saturated carbocycles. The summed E-state index contributed by atoms with van der Waals surface area (Å²) >= 11 is 0. The number of phenolic OH excluding ortho intramolecular Hbond substituents is 1. The summed E-state index contributed by atoms with van der Waals surface area (Å²) in [7, 11) is 1.20. The minimum absolute atomic E-state index is 0.108.